The third kappa shape index (κ3) is 4.95. The van der Waals surface area contributed by atoms with Crippen LogP contribution < -0.4 is 20.7 Å². The molecule has 0 atom stereocenters. The van der Waals surface area contributed by atoms with E-state index in [0.717, 1.165) is 15.9 Å². The van der Waals surface area contributed by atoms with Gasteiger partial charge in [-0.1, -0.05) is 77.8 Å². The molecule has 7 heteroatoms. The Morgan fingerprint density at radius 3 is 1.53 bits per heavy atom. The quantitative estimate of drug-likeness (QED) is 0.237. The first-order chi connectivity index (χ1) is 16.2. The summed E-state index contributed by atoms with van der Waals surface area (Å²) >= 11 is 13.3. The monoisotopic (exact) mass is 519 g/mol. The van der Waals surface area contributed by atoms with Gasteiger partial charge in [0.1, 0.15) is 35.1 Å². The average Bonchev–Trinajstić information content (AvgIpc) is 2.83. The fraction of sp³-hybridized carbons (Fsp3) is 0.111. The topological polar surface area (TPSA) is 9.23 Å². The number of rotatable bonds is 6. The van der Waals surface area contributed by atoms with E-state index >= 15 is 0 Å². The second-order valence-electron chi connectivity index (χ2n) is 7.80. The number of alkyl halides is 3. The predicted molar refractivity (Wildman–Crippen MR) is 137 cm³/mol. The van der Waals surface area contributed by atoms with Crippen LogP contribution in [-0.4, -0.2) is 6.36 Å². The zero-order chi connectivity index (χ0) is 24.3. The smallest absolute Gasteiger partial charge is 0.405 e. The van der Waals surface area contributed by atoms with Crippen LogP contribution in [0.4, 0.5) is 13.2 Å². The molecule has 1 nitrogen and oxygen atoms in total. The maximum absolute atomic E-state index is 12.9. The molecular formula is C27H21Cl2F3OP+. The van der Waals surface area contributed by atoms with Crippen LogP contribution in [0, 0.1) is 6.92 Å². The summed E-state index contributed by atoms with van der Waals surface area (Å²) in [7, 11) is -2.34. The maximum atomic E-state index is 12.9. The molecule has 0 N–H and O–H groups in total. The van der Waals surface area contributed by atoms with Gasteiger partial charge in [-0.05, 0) is 49.4 Å². The van der Waals surface area contributed by atoms with Crippen LogP contribution in [0.15, 0.2) is 97.1 Å². The SMILES string of the molecule is Cc1c(OC(F)(F)F)cc(Cl)c(C[P+](c2ccccc2)(c2ccccc2)c2ccccc2)c1Cl. The van der Waals surface area contributed by atoms with Crippen molar-refractivity contribution in [2.75, 3.05) is 0 Å². The molecule has 4 aromatic carbocycles. The van der Waals surface area contributed by atoms with E-state index in [-0.39, 0.29) is 15.6 Å². The summed E-state index contributed by atoms with van der Waals surface area (Å²) in [6.45, 7) is 1.51. The molecule has 0 aliphatic heterocycles. The van der Waals surface area contributed by atoms with Gasteiger partial charge in [0.2, 0.25) is 0 Å². The van der Waals surface area contributed by atoms with Crippen molar-refractivity contribution in [3.05, 3.63) is 118 Å². The normalized spacial score (nSPS) is 11.9. The summed E-state index contributed by atoms with van der Waals surface area (Å²) in [6, 6.07) is 31.6. The first kappa shape index (κ1) is 24.6. The van der Waals surface area contributed by atoms with Gasteiger partial charge < -0.3 is 4.74 Å². The highest BCUT2D eigenvalue weighted by molar-refractivity contribution is 7.95. The summed E-state index contributed by atoms with van der Waals surface area (Å²) in [4.78, 5) is 0. The van der Waals surface area contributed by atoms with Crippen molar-refractivity contribution in [2.24, 2.45) is 0 Å². The van der Waals surface area contributed by atoms with E-state index in [2.05, 4.69) is 41.1 Å². The highest BCUT2D eigenvalue weighted by Gasteiger charge is 2.46. The lowest BCUT2D eigenvalue weighted by atomic mass is 10.1. The van der Waals surface area contributed by atoms with Gasteiger partial charge >= 0.3 is 6.36 Å². The minimum Gasteiger partial charge on any atom is -0.405 e. The Morgan fingerprint density at radius 2 is 1.15 bits per heavy atom. The van der Waals surface area contributed by atoms with E-state index < -0.39 is 19.4 Å². The van der Waals surface area contributed by atoms with Crippen molar-refractivity contribution in [3.8, 4) is 5.75 Å². The molecule has 0 aromatic heterocycles. The number of hydrogen-bond acceptors (Lipinski definition) is 1. The van der Waals surface area contributed by atoms with Crippen LogP contribution in [0.25, 0.3) is 0 Å². The molecule has 0 unspecified atom stereocenters. The van der Waals surface area contributed by atoms with Gasteiger partial charge in [0.05, 0.1) is 10.0 Å². The fourth-order valence-corrected chi connectivity index (χ4v) is 9.18. The molecule has 0 aliphatic carbocycles. The predicted octanol–water partition coefficient (Wildman–Crippen LogP) is 7.69. The molecular weight excluding hydrogens is 499 g/mol. The van der Waals surface area contributed by atoms with Crippen LogP contribution in [0.1, 0.15) is 11.1 Å². The lowest BCUT2D eigenvalue weighted by Gasteiger charge is -2.29. The Balaban J connectivity index is 1.98. The number of hydrogen-bond donors (Lipinski definition) is 0. The standard InChI is InChI=1S/C27H21Cl2F3OP/c1-19-25(33-27(30,31)32)17-24(28)23(26(19)29)18-34(20-11-5-2-6-12-20,21-13-7-3-8-14-21)22-15-9-4-10-16-22/h2-17H,18H2,1H3/q+1. The lowest BCUT2D eigenvalue weighted by molar-refractivity contribution is -0.274. The molecule has 0 fully saturated rings. The van der Waals surface area contributed by atoms with Gasteiger partial charge in [-0.25, -0.2) is 0 Å². The maximum Gasteiger partial charge on any atom is 0.573 e. The van der Waals surface area contributed by atoms with Crippen molar-refractivity contribution in [1.82, 2.24) is 0 Å². The van der Waals surface area contributed by atoms with E-state index in [4.69, 9.17) is 23.2 Å². The van der Waals surface area contributed by atoms with Gasteiger partial charge in [-0.15, -0.1) is 13.2 Å². The van der Waals surface area contributed by atoms with Gasteiger partial charge in [0.15, 0.2) is 0 Å². The Labute approximate surface area is 207 Å². The Bertz CT molecular complexity index is 1170. The van der Waals surface area contributed by atoms with Crippen LogP contribution in [0.3, 0.4) is 0 Å². The molecule has 0 spiro atoms. The van der Waals surface area contributed by atoms with Crippen LogP contribution >= 0.6 is 30.5 Å². The van der Waals surface area contributed by atoms with Crippen LogP contribution in [0.5, 0.6) is 5.75 Å². The largest absolute Gasteiger partial charge is 0.573 e. The highest BCUT2D eigenvalue weighted by Crippen LogP contribution is 2.60. The zero-order valence-electron chi connectivity index (χ0n) is 18.2. The van der Waals surface area contributed by atoms with E-state index in [1.165, 1.54) is 13.0 Å². The van der Waals surface area contributed by atoms with Gasteiger partial charge in [-0.3, -0.25) is 0 Å². The van der Waals surface area contributed by atoms with Gasteiger partial charge in [0, 0.05) is 11.1 Å². The molecule has 0 saturated heterocycles. The molecule has 4 aromatic rings. The first-order valence-corrected chi connectivity index (χ1v) is 13.2. The first-order valence-electron chi connectivity index (χ1n) is 10.5. The van der Waals surface area contributed by atoms with E-state index in [1.54, 1.807) is 0 Å². The second-order valence-corrected chi connectivity index (χ2v) is 12.1. The molecule has 0 saturated carbocycles. The number of ether oxygens (including phenoxy) is 1. The molecule has 34 heavy (non-hydrogen) atoms. The summed E-state index contributed by atoms with van der Waals surface area (Å²) in [5.41, 5.74) is 0.797. The van der Waals surface area contributed by atoms with Crippen molar-refractivity contribution in [3.63, 3.8) is 0 Å². The third-order valence-electron chi connectivity index (χ3n) is 5.72. The van der Waals surface area contributed by atoms with E-state index in [0.29, 0.717) is 11.7 Å². The van der Waals surface area contributed by atoms with E-state index in [9.17, 15) is 13.2 Å². The molecule has 0 amide bonds. The third-order valence-corrected chi connectivity index (χ3v) is 10.9. The molecule has 0 aliphatic rings. The molecule has 4 rings (SSSR count). The summed E-state index contributed by atoms with van der Waals surface area (Å²) < 4.78 is 42.9. The van der Waals surface area contributed by atoms with Gasteiger partial charge in [-0.2, -0.15) is 0 Å². The molecule has 0 radical (unpaired) electrons. The Hall–Kier alpha value is -2.52. The van der Waals surface area contributed by atoms with Crippen molar-refractivity contribution < 1.29 is 17.9 Å². The minimum atomic E-state index is -4.84. The number of benzene rings is 4. The summed E-state index contributed by atoms with van der Waals surface area (Å²) in [5, 5.41) is 3.68. The number of halogens is 5. The molecule has 0 bridgehead atoms. The van der Waals surface area contributed by atoms with Crippen LogP contribution in [-0.2, 0) is 6.16 Å². The summed E-state index contributed by atoms with van der Waals surface area (Å²) in [5.74, 6) is -0.394. The van der Waals surface area contributed by atoms with Crippen molar-refractivity contribution >= 4 is 46.4 Å². The zero-order valence-corrected chi connectivity index (χ0v) is 20.6. The van der Waals surface area contributed by atoms with Gasteiger partial charge in [0.25, 0.3) is 0 Å². The second kappa shape index (κ2) is 10.00. The van der Waals surface area contributed by atoms with Crippen molar-refractivity contribution in [1.29, 1.82) is 0 Å². The minimum absolute atomic E-state index is 0.141. The fourth-order valence-electron chi connectivity index (χ4n) is 4.13. The summed E-state index contributed by atoms with van der Waals surface area (Å²) in [6.07, 6.45) is -4.40. The Kier molecular flexibility index (Phi) is 7.23. The lowest BCUT2D eigenvalue weighted by Crippen LogP contribution is -2.32. The van der Waals surface area contributed by atoms with Crippen molar-refractivity contribution in [2.45, 2.75) is 19.4 Å². The van der Waals surface area contributed by atoms with Crippen LogP contribution in [0.2, 0.25) is 10.0 Å². The van der Waals surface area contributed by atoms with E-state index in [1.807, 2.05) is 54.6 Å². The Morgan fingerprint density at radius 1 is 0.735 bits per heavy atom. The highest BCUT2D eigenvalue weighted by atomic mass is 35.5. The molecule has 174 valence electrons. The molecule has 0 heterocycles. The average molecular weight is 520 g/mol.